The first-order valence-electron chi connectivity index (χ1n) is 6.32. The van der Waals surface area contributed by atoms with Crippen LogP contribution < -0.4 is 10.3 Å². The van der Waals surface area contributed by atoms with E-state index in [9.17, 15) is 4.79 Å². The van der Waals surface area contributed by atoms with Gasteiger partial charge in [-0.3, -0.25) is 4.79 Å². The summed E-state index contributed by atoms with van der Waals surface area (Å²) in [5.74, 6) is -0.185. The summed E-state index contributed by atoms with van der Waals surface area (Å²) in [6, 6.07) is 12.1. The first-order chi connectivity index (χ1) is 9.58. The highest BCUT2D eigenvalue weighted by atomic mass is 16.2. The van der Waals surface area contributed by atoms with Gasteiger partial charge < -0.3 is 9.47 Å². The maximum Gasteiger partial charge on any atom is 0.236 e. The fourth-order valence-corrected chi connectivity index (χ4v) is 1.84. The van der Waals surface area contributed by atoms with Crippen molar-refractivity contribution in [1.29, 1.82) is 0 Å². The van der Waals surface area contributed by atoms with Gasteiger partial charge >= 0.3 is 0 Å². The van der Waals surface area contributed by atoms with Crippen molar-refractivity contribution in [3.05, 3.63) is 48.3 Å². The first kappa shape index (κ1) is 13.9. The molecule has 0 aliphatic heterocycles. The molecule has 0 atom stereocenters. The van der Waals surface area contributed by atoms with Gasteiger partial charge in [0.05, 0.1) is 11.9 Å². The number of carbonyl (C=O) groups is 1. The topological polar surface area (TPSA) is 49.6 Å². The number of hydrogen-bond acceptors (Lipinski definition) is 3. The third-order valence-electron chi connectivity index (χ3n) is 2.84. The predicted molar refractivity (Wildman–Crippen MR) is 81.5 cm³/mol. The highest BCUT2D eigenvalue weighted by Gasteiger charge is 2.02. The molecule has 1 heterocycles. The van der Waals surface area contributed by atoms with Crippen LogP contribution in [-0.4, -0.2) is 30.8 Å². The monoisotopic (exact) mass is 270 g/mol. The van der Waals surface area contributed by atoms with Crippen LogP contribution in [0, 0.1) is 0 Å². The number of hydrazone groups is 1. The molecule has 0 bridgehead atoms. The minimum absolute atomic E-state index is 0.185. The van der Waals surface area contributed by atoms with Crippen LogP contribution in [-0.2, 0) is 4.79 Å². The standard InChI is InChI=1S/C15H18N4O/c1-12(20)17-16-11-15-5-4-10-19(15)14-8-6-13(7-9-14)18(2)3/h4-11H,1-3H3,(H,17,20)/b16-11+. The van der Waals surface area contributed by atoms with Gasteiger partial charge in [-0.2, -0.15) is 5.10 Å². The third-order valence-corrected chi connectivity index (χ3v) is 2.84. The molecule has 0 spiro atoms. The zero-order valence-electron chi connectivity index (χ0n) is 11.9. The summed E-state index contributed by atoms with van der Waals surface area (Å²) in [6.45, 7) is 1.43. The van der Waals surface area contributed by atoms with Crippen molar-refractivity contribution in [3.63, 3.8) is 0 Å². The third kappa shape index (κ3) is 3.26. The molecule has 104 valence electrons. The Labute approximate surface area is 118 Å². The van der Waals surface area contributed by atoms with E-state index in [4.69, 9.17) is 0 Å². The van der Waals surface area contributed by atoms with Crippen molar-refractivity contribution in [2.75, 3.05) is 19.0 Å². The molecular formula is C15H18N4O. The fraction of sp³-hybridized carbons (Fsp3) is 0.200. The summed E-state index contributed by atoms with van der Waals surface area (Å²) in [5.41, 5.74) is 5.49. The van der Waals surface area contributed by atoms with Crippen LogP contribution in [0.1, 0.15) is 12.6 Å². The quantitative estimate of drug-likeness (QED) is 0.682. The Balaban J connectivity index is 2.23. The van der Waals surface area contributed by atoms with Gasteiger partial charge in [0.2, 0.25) is 5.91 Å². The minimum Gasteiger partial charge on any atom is -0.378 e. The van der Waals surface area contributed by atoms with Crippen LogP contribution in [0.25, 0.3) is 5.69 Å². The minimum atomic E-state index is -0.185. The van der Waals surface area contributed by atoms with Crippen LogP contribution in [0.3, 0.4) is 0 Å². The van der Waals surface area contributed by atoms with E-state index in [2.05, 4.69) is 27.6 Å². The molecule has 0 fully saturated rings. The lowest BCUT2D eigenvalue weighted by molar-refractivity contribution is -0.118. The molecule has 1 aromatic heterocycles. The first-order valence-corrected chi connectivity index (χ1v) is 6.32. The van der Waals surface area contributed by atoms with Crippen LogP contribution in [0.5, 0.6) is 0 Å². The van der Waals surface area contributed by atoms with E-state index < -0.39 is 0 Å². The molecule has 0 saturated carbocycles. The molecule has 2 rings (SSSR count). The number of nitrogens with one attached hydrogen (secondary N) is 1. The lowest BCUT2D eigenvalue weighted by Gasteiger charge is -2.13. The Morgan fingerprint density at radius 2 is 1.95 bits per heavy atom. The van der Waals surface area contributed by atoms with Crippen molar-refractivity contribution < 1.29 is 4.79 Å². The normalized spacial score (nSPS) is 10.8. The van der Waals surface area contributed by atoms with Gasteiger partial charge in [-0.15, -0.1) is 0 Å². The van der Waals surface area contributed by atoms with Gasteiger partial charge in [0.25, 0.3) is 0 Å². The number of benzene rings is 1. The number of carbonyl (C=O) groups excluding carboxylic acids is 1. The van der Waals surface area contributed by atoms with Crippen LogP contribution in [0.2, 0.25) is 0 Å². The highest BCUT2D eigenvalue weighted by Crippen LogP contribution is 2.16. The number of anilines is 1. The maximum absolute atomic E-state index is 10.8. The molecule has 20 heavy (non-hydrogen) atoms. The summed E-state index contributed by atoms with van der Waals surface area (Å²) >= 11 is 0. The molecule has 1 N–H and O–H groups in total. The van der Waals surface area contributed by atoms with Crippen molar-refractivity contribution in [1.82, 2.24) is 9.99 Å². The number of nitrogens with zero attached hydrogens (tertiary/aromatic N) is 3. The predicted octanol–water partition coefficient (Wildman–Crippen LogP) is 2.01. The second-order valence-corrected chi connectivity index (χ2v) is 4.64. The Morgan fingerprint density at radius 3 is 2.55 bits per heavy atom. The van der Waals surface area contributed by atoms with Crippen LogP contribution in [0.15, 0.2) is 47.7 Å². The van der Waals surface area contributed by atoms with E-state index in [-0.39, 0.29) is 5.91 Å². The van der Waals surface area contributed by atoms with Gasteiger partial charge in [0.15, 0.2) is 0 Å². The molecule has 0 saturated heterocycles. The van der Waals surface area contributed by atoms with Gasteiger partial charge in [0.1, 0.15) is 0 Å². The second-order valence-electron chi connectivity index (χ2n) is 4.64. The Bertz CT molecular complexity index is 611. The number of rotatable bonds is 4. The van der Waals surface area contributed by atoms with Crippen molar-refractivity contribution in [3.8, 4) is 5.69 Å². The van der Waals surface area contributed by atoms with Gasteiger partial charge in [-0.1, -0.05) is 0 Å². The van der Waals surface area contributed by atoms with E-state index in [1.165, 1.54) is 6.92 Å². The number of amides is 1. The molecule has 0 aliphatic rings. The Morgan fingerprint density at radius 1 is 1.25 bits per heavy atom. The smallest absolute Gasteiger partial charge is 0.236 e. The summed E-state index contributed by atoms with van der Waals surface area (Å²) in [6.07, 6.45) is 3.58. The van der Waals surface area contributed by atoms with E-state index >= 15 is 0 Å². The van der Waals surface area contributed by atoms with E-state index in [0.717, 1.165) is 17.1 Å². The number of hydrogen-bond donors (Lipinski definition) is 1. The molecule has 0 radical (unpaired) electrons. The Hall–Kier alpha value is -2.56. The fourth-order valence-electron chi connectivity index (χ4n) is 1.84. The average Bonchev–Trinajstić information content (AvgIpc) is 2.87. The van der Waals surface area contributed by atoms with Crippen molar-refractivity contribution in [2.45, 2.75) is 6.92 Å². The molecule has 5 heteroatoms. The van der Waals surface area contributed by atoms with Crippen molar-refractivity contribution in [2.24, 2.45) is 5.10 Å². The average molecular weight is 270 g/mol. The summed E-state index contributed by atoms with van der Waals surface area (Å²) in [7, 11) is 4.02. The largest absolute Gasteiger partial charge is 0.378 e. The summed E-state index contributed by atoms with van der Waals surface area (Å²) in [4.78, 5) is 12.8. The summed E-state index contributed by atoms with van der Waals surface area (Å²) in [5, 5.41) is 3.89. The van der Waals surface area contributed by atoms with Crippen LogP contribution in [0.4, 0.5) is 5.69 Å². The van der Waals surface area contributed by atoms with Gasteiger partial charge in [-0.05, 0) is 36.4 Å². The van der Waals surface area contributed by atoms with Crippen molar-refractivity contribution >= 4 is 17.8 Å². The molecule has 1 amide bonds. The number of aromatic nitrogens is 1. The summed E-state index contributed by atoms with van der Waals surface area (Å²) < 4.78 is 2.00. The zero-order chi connectivity index (χ0) is 14.5. The maximum atomic E-state index is 10.8. The lowest BCUT2D eigenvalue weighted by Crippen LogP contribution is -2.12. The SMILES string of the molecule is CC(=O)N/N=C/c1cccn1-c1ccc(N(C)C)cc1. The molecule has 2 aromatic rings. The van der Waals surface area contributed by atoms with Gasteiger partial charge in [0, 0.05) is 38.6 Å². The lowest BCUT2D eigenvalue weighted by atomic mass is 10.2. The molecule has 0 aliphatic carbocycles. The van der Waals surface area contributed by atoms with E-state index in [1.807, 2.05) is 49.1 Å². The van der Waals surface area contributed by atoms with E-state index in [1.54, 1.807) is 6.21 Å². The van der Waals surface area contributed by atoms with Gasteiger partial charge in [-0.25, -0.2) is 5.43 Å². The molecule has 5 nitrogen and oxygen atoms in total. The highest BCUT2D eigenvalue weighted by molar-refractivity contribution is 5.81. The Kier molecular flexibility index (Phi) is 4.20. The molecular weight excluding hydrogens is 252 g/mol. The van der Waals surface area contributed by atoms with E-state index in [0.29, 0.717) is 0 Å². The molecule has 1 aromatic carbocycles. The second kappa shape index (κ2) is 6.06. The molecule has 0 unspecified atom stereocenters. The van der Waals surface area contributed by atoms with Crippen LogP contribution >= 0.6 is 0 Å². The zero-order valence-corrected chi connectivity index (χ0v) is 11.9.